The summed E-state index contributed by atoms with van der Waals surface area (Å²) in [6, 6.07) is 17.4. The van der Waals surface area contributed by atoms with Crippen molar-refractivity contribution in [2.75, 3.05) is 0 Å². The molecule has 0 saturated carbocycles. The summed E-state index contributed by atoms with van der Waals surface area (Å²) in [4.78, 5) is 0. The molecule has 21 heavy (non-hydrogen) atoms. The molecule has 3 rings (SSSR count). The van der Waals surface area contributed by atoms with Crippen LogP contribution in [-0.4, -0.2) is 0 Å². The molecule has 4 heteroatoms. The Labute approximate surface area is 129 Å². The topological polar surface area (TPSA) is 33.0 Å². The van der Waals surface area contributed by atoms with Gasteiger partial charge >= 0.3 is 0 Å². The highest BCUT2D eigenvalue weighted by Crippen LogP contribution is 2.33. The van der Waals surface area contributed by atoms with Crippen LogP contribution < -0.4 is 4.74 Å². The predicted octanol–water partition coefficient (Wildman–Crippen LogP) is 5.41. The van der Waals surface area contributed by atoms with Gasteiger partial charge in [0.05, 0.1) is 11.6 Å². The van der Waals surface area contributed by atoms with Crippen LogP contribution in [0.5, 0.6) is 11.5 Å². The molecule has 0 N–H and O–H groups in total. The fourth-order valence-electron chi connectivity index (χ4n) is 2.17. The van der Waals surface area contributed by atoms with Gasteiger partial charge < -0.3 is 4.74 Å². The van der Waals surface area contributed by atoms with Gasteiger partial charge in [-0.25, -0.2) is 4.39 Å². The van der Waals surface area contributed by atoms with Crippen LogP contribution in [0, 0.1) is 17.1 Å². The number of ether oxygens (including phenoxy) is 1. The van der Waals surface area contributed by atoms with Gasteiger partial charge in [0.2, 0.25) is 0 Å². The Morgan fingerprint density at radius 2 is 1.76 bits per heavy atom. The quantitative estimate of drug-likeness (QED) is 0.624. The number of fused-ring (bicyclic) bond motifs is 1. The van der Waals surface area contributed by atoms with E-state index in [-0.39, 0.29) is 5.82 Å². The number of nitriles is 1. The van der Waals surface area contributed by atoms with E-state index in [1.165, 1.54) is 12.1 Å². The van der Waals surface area contributed by atoms with E-state index in [9.17, 15) is 4.39 Å². The van der Waals surface area contributed by atoms with Gasteiger partial charge in [-0.2, -0.15) is 5.26 Å². The molecule has 0 saturated heterocycles. The lowest BCUT2D eigenvalue weighted by Gasteiger charge is -2.10. The first-order valence-electron chi connectivity index (χ1n) is 6.23. The second-order valence-electron chi connectivity index (χ2n) is 4.48. The zero-order chi connectivity index (χ0) is 14.8. The molecule has 0 aliphatic heterocycles. The molecule has 0 radical (unpaired) electrons. The van der Waals surface area contributed by atoms with Gasteiger partial charge in [0, 0.05) is 21.3 Å². The Hall–Kier alpha value is -2.38. The van der Waals surface area contributed by atoms with E-state index in [1.54, 1.807) is 18.2 Å². The first-order valence-corrected chi connectivity index (χ1v) is 7.02. The highest BCUT2D eigenvalue weighted by Gasteiger charge is 2.08. The zero-order valence-electron chi connectivity index (χ0n) is 10.8. The maximum atomic E-state index is 13.4. The van der Waals surface area contributed by atoms with Crippen LogP contribution in [0.4, 0.5) is 4.39 Å². The Bertz CT molecular complexity index is 850. The molecule has 0 atom stereocenters. The minimum Gasteiger partial charge on any atom is -0.457 e. The molecule has 3 aromatic rings. The van der Waals surface area contributed by atoms with Crippen LogP contribution in [0.1, 0.15) is 5.56 Å². The van der Waals surface area contributed by atoms with Crippen molar-refractivity contribution >= 4 is 26.7 Å². The number of benzene rings is 3. The molecule has 0 aromatic heterocycles. The monoisotopic (exact) mass is 341 g/mol. The van der Waals surface area contributed by atoms with E-state index >= 15 is 0 Å². The second kappa shape index (κ2) is 5.55. The molecule has 102 valence electrons. The zero-order valence-corrected chi connectivity index (χ0v) is 12.4. The van der Waals surface area contributed by atoms with E-state index in [4.69, 9.17) is 10.00 Å². The van der Waals surface area contributed by atoms with E-state index in [0.717, 1.165) is 10.8 Å². The Balaban J connectivity index is 2.11. The average Bonchev–Trinajstić information content (AvgIpc) is 2.46. The van der Waals surface area contributed by atoms with Gasteiger partial charge in [-0.05, 0) is 24.3 Å². The van der Waals surface area contributed by atoms with Crippen molar-refractivity contribution in [3.63, 3.8) is 0 Å². The highest BCUT2D eigenvalue weighted by molar-refractivity contribution is 9.10. The largest absolute Gasteiger partial charge is 0.457 e. The van der Waals surface area contributed by atoms with Crippen molar-refractivity contribution in [2.24, 2.45) is 0 Å². The SMILES string of the molecule is N#Cc1ccc(Oc2cc(F)cc(Br)c2)c2ccccc12. The van der Waals surface area contributed by atoms with Crippen LogP contribution in [0.2, 0.25) is 0 Å². The average molecular weight is 342 g/mol. The van der Waals surface area contributed by atoms with E-state index in [1.807, 2.05) is 24.3 Å². The second-order valence-corrected chi connectivity index (χ2v) is 5.39. The number of rotatable bonds is 2. The molecular formula is C17H9BrFNO. The first-order chi connectivity index (χ1) is 10.2. The molecule has 0 aliphatic rings. The maximum Gasteiger partial charge on any atom is 0.135 e. The normalized spacial score (nSPS) is 10.3. The van der Waals surface area contributed by atoms with Gasteiger partial charge in [-0.15, -0.1) is 0 Å². The third-order valence-electron chi connectivity index (χ3n) is 3.07. The maximum absolute atomic E-state index is 13.4. The van der Waals surface area contributed by atoms with E-state index in [0.29, 0.717) is 21.5 Å². The standard InChI is InChI=1S/C17H9BrFNO/c18-12-7-13(19)9-14(8-12)21-17-6-5-11(10-20)15-3-1-2-4-16(15)17/h1-9H. The molecule has 0 fully saturated rings. The third kappa shape index (κ3) is 2.74. The van der Waals surface area contributed by atoms with Crippen molar-refractivity contribution in [1.82, 2.24) is 0 Å². The summed E-state index contributed by atoms with van der Waals surface area (Å²) in [7, 11) is 0. The summed E-state index contributed by atoms with van der Waals surface area (Å²) in [5.41, 5.74) is 0.582. The van der Waals surface area contributed by atoms with Crippen LogP contribution in [0.3, 0.4) is 0 Å². The summed E-state index contributed by atoms with van der Waals surface area (Å²) < 4.78 is 19.8. The fraction of sp³-hybridized carbons (Fsp3) is 0. The van der Waals surface area contributed by atoms with Crippen molar-refractivity contribution in [3.8, 4) is 17.6 Å². The van der Waals surface area contributed by atoms with Crippen LogP contribution in [0.25, 0.3) is 10.8 Å². The van der Waals surface area contributed by atoms with Crippen LogP contribution in [0.15, 0.2) is 59.1 Å². The minimum atomic E-state index is -0.377. The number of hydrogen-bond acceptors (Lipinski definition) is 2. The lowest BCUT2D eigenvalue weighted by Crippen LogP contribution is -1.89. The van der Waals surface area contributed by atoms with Gasteiger partial charge in [0.1, 0.15) is 17.3 Å². The summed E-state index contributed by atoms with van der Waals surface area (Å²) in [6.45, 7) is 0. The minimum absolute atomic E-state index is 0.377. The summed E-state index contributed by atoms with van der Waals surface area (Å²) >= 11 is 3.24. The van der Waals surface area contributed by atoms with Gasteiger partial charge in [0.15, 0.2) is 0 Å². The summed E-state index contributed by atoms with van der Waals surface area (Å²) in [5, 5.41) is 10.8. The Morgan fingerprint density at radius 1 is 1.00 bits per heavy atom. The summed E-state index contributed by atoms with van der Waals surface area (Å²) in [6.07, 6.45) is 0. The summed E-state index contributed by atoms with van der Waals surface area (Å²) in [5.74, 6) is 0.608. The van der Waals surface area contributed by atoms with Crippen LogP contribution in [-0.2, 0) is 0 Å². The van der Waals surface area contributed by atoms with Gasteiger partial charge in [-0.1, -0.05) is 40.2 Å². The van der Waals surface area contributed by atoms with E-state index in [2.05, 4.69) is 22.0 Å². The molecule has 0 unspecified atom stereocenters. The molecule has 0 bridgehead atoms. The smallest absolute Gasteiger partial charge is 0.135 e. The van der Waals surface area contributed by atoms with Crippen LogP contribution >= 0.6 is 15.9 Å². The van der Waals surface area contributed by atoms with E-state index < -0.39 is 0 Å². The number of nitrogens with zero attached hydrogens (tertiary/aromatic N) is 1. The first kappa shape index (κ1) is 13.6. The third-order valence-corrected chi connectivity index (χ3v) is 3.53. The molecule has 3 aromatic carbocycles. The van der Waals surface area contributed by atoms with Gasteiger partial charge in [-0.3, -0.25) is 0 Å². The van der Waals surface area contributed by atoms with Crippen molar-refractivity contribution in [1.29, 1.82) is 5.26 Å². The molecule has 0 heterocycles. The fourth-order valence-corrected chi connectivity index (χ4v) is 2.62. The van der Waals surface area contributed by atoms with Crippen molar-refractivity contribution in [2.45, 2.75) is 0 Å². The molecule has 0 amide bonds. The highest BCUT2D eigenvalue weighted by atomic mass is 79.9. The number of hydrogen-bond donors (Lipinski definition) is 0. The van der Waals surface area contributed by atoms with Crippen molar-refractivity contribution < 1.29 is 9.13 Å². The predicted molar refractivity (Wildman–Crippen MR) is 82.8 cm³/mol. The molecule has 0 aliphatic carbocycles. The Kier molecular flexibility index (Phi) is 3.59. The molecule has 2 nitrogen and oxygen atoms in total. The molecular weight excluding hydrogens is 333 g/mol. The van der Waals surface area contributed by atoms with Gasteiger partial charge in [0.25, 0.3) is 0 Å². The number of halogens is 2. The lowest BCUT2D eigenvalue weighted by atomic mass is 10.0. The molecule has 0 spiro atoms. The van der Waals surface area contributed by atoms with Crippen molar-refractivity contribution in [3.05, 3.63) is 70.5 Å². The Morgan fingerprint density at radius 3 is 2.48 bits per heavy atom. The lowest BCUT2D eigenvalue weighted by molar-refractivity contribution is 0.481.